The molecule has 0 saturated carbocycles. The molecule has 0 aliphatic rings. The van der Waals surface area contributed by atoms with Crippen LogP contribution in [-0.2, 0) is 0 Å². The van der Waals surface area contributed by atoms with Gasteiger partial charge in [0.2, 0.25) is 0 Å². The quantitative estimate of drug-likeness (QED) is 0.807. The van der Waals surface area contributed by atoms with E-state index in [0.29, 0.717) is 11.3 Å². The van der Waals surface area contributed by atoms with Gasteiger partial charge < -0.3 is 14.5 Å². The number of amides is 1. The summed E-state index contributed by atoms with van der Waals surface area (Å²) >= 11 is 8.22. The van der Waals surface area contributed by atoms with E-state index in [1.807, 2.05) is 25.1 Å². The molecule has 0 atom stereocenters. The Bertz CT molecular complexity index is 657. The number of halogens is 1. The van der Waals surface area contributed by atoms with Crippen molar-refractivity contribution in [1.82, 2.24) is 5.32 Å². The average Bonchev–Trinajstić information content (AvgIpc) is 2.86. The van der Waals surface area contributed by atoms with Gasteiger partial charge in [-0.2, -0.15) is 0 Å². The minimum atomic E-state index is -0.417. The molecule has 0 unspecified atom stereocenters. The van der Waals surface area contributed by atoms with Crippen molar-refractivity contribution in [3.63, 3.8) is 0 Å². The van der Waals surface area contributed by atoms with E-state index in [1.54, 1.807) is 18.2 Å². The van der Waals surface area contributed by atoms with Crippen molar-refractivity contribution < 1.29 is 13.9 Å². The molecule has 1 heterocycles. The normalized spacial score (nSPS) is 10.0. The minimum Gasteiger partial charge on any atom is -0.494 e. The van der Waals surface area contributed by atoms with Crippen molar-refractivity contribution in [3.8, 4) is 5.75 Å². The maximum absolute atomic E-state index is 11.9. The van der Waals surface area contributed by atoms with Crippen LogP contribution in [0.5, 0.6) is 5.75 Å². The highest BCUT2D eigenvalue weighted by Crippen LogP contribution is 2.17. The van der Waals surface area contributed by atoms with Gasteiger partial charge in [0.15, 0.2) is 15.5 Å². The average molecular weight is 369 g/mol. The minimum absolute atomic E-state index is 0.175. The third kappa shape index (κ3) is 4.57. The van der Waals surface area contributed by atoms with E-state index in [9.17, 15) is 4.79 Å². The molecule has 2 N–H and O–H groups in total. The van der Waals surface area contributed by atoms with Gasteiger partial charge >= 0.3 is 0 Å². The molecule has 21 heavy (non-hydrogen) atoms. The van der Waals surface area contributed by atoms with Crippen LogP contribution < -0.4 is 15.4 Å². The van der Waals surface area contributed by atoms with E-state index in [4.69, 9.17) is 21.4 Å². The summed E-state index contributed by atoms with van der Waals surface area (Å²) in [6, 6.07) is 10.5. The first-order valence-corrected chi connectivity index (χ1v) is 7.39. The molecule has 0 aliphatic carbocycles. The number of hydrogen-bond donors (Lipinski definition) is 2. The number of ether oxygens (including phenoxy) is 1. The third-order valence-corrected chi connectivity index (χ3v) is 3.06. The topological polar surface area (TPSA) is 63.5 Å². The molecule has 1 amide bonds. The molecule has 1 aromatic carbocycles. The summed E-state index contributed by atoms with van der Waals surface area (Å²) in [5.41, 5.74) is 0.729. The van der Waals surface area contributed by atoms with E-state index in [0.717, 1.165) is 11.4 Å². The van der Waals surface area contributed by atoms with E-state index >= 15 is 0 Å². The smallest absolute Gasteiger partial charge is 0.293 e. The molecule has 0 saturated heterocycles. The molecular weight excluding hydrogens is 356 g/mol. The maximum Gasteiger partial charge on any atom is 0.293 e. The third-order valence-electron chi connectivity index (χ3n) is 2.43. The summed E-state index contributed by atoms with van der Waals surface area (Å²) in [4.78, 5) is 11.9. The van der Waals surface area contributed by atoms with Crippen molar-refractivity contribution in [1.29, 1.82) is 0 Å². The number of rotatable bonds is 4. The number of carbonyl (C=O) groups is 1. The summed E-state index contributed by atoms with van der Waals surface area (Å²) in [6.45, 7) is 2.49. The largest absolute Gasteiger partial charge is 0.494 e. The molecular formula is C14H13BrN2O3S. The standard InChI is InChI=1S/C14H13BrN2O3S/c1-2-19-10-5-3-4-9(8-10)16-14(21)17-13(18)11-6-7-12(15)20-11/h3-8H,2H2,1H3,(H2,16,17,18,21). The van der Waals surface area contributed by atoms with E-state index < -0.39 is 5.91 Å². The van der Waals surface area contributed by atoms with Crippen molar-refractivity contribution in [2.75, 3.05) is 11.9 Å². The lowest BCUT2D eigenvalue weighted by Gasteiger charge is -2.10. The maximum atomic E-state index is 11.9. The summed E-state index contributed by atoms with van der Waals surface area (Å²) in [6.07, 6.45) is 0. The molecule has 0 bridgehead atoms. The van der Waals surface area contributed by atoms with Crippen LogP contribution in [0.3, 0.4) is 0 Å². The molecule has 2 rings (SSSR count). The monoisotopic (exact) mass is 368 g/mol. The van der Waals surface area contributed by atoms with Crippen molar-refractivity contribution in [2.24, 2.45) is 0 Å². The highest BCUT2D eigenvalue weighted by Gasteiger charge is 2.12. The van der Waals surface area contributed by atoms with Gasteiger partial charge in [0.05, 0.1) is 6.61 Å². The summed E-state index contributed by atoms with van der Waals surface area (Å²) in [7, 11) is 0. The van der Waals surface area contributed by atoms with Gasteiger partial charge in [-0.25, -0.2) is 0 Å². The van der Waals surface area contributed by atoms with Gasteiger partial charge in [-0.15, -0.1) is 0 Å². The lowest BCUT2D eigenvalue weighted by molar-refractivity contribution is 0.0949. The van der Waals surface area contributed by atoms with Crippen LogP contribution in [-0.4, -0.2) is 17.6 Å². The van der Waals surface area contributed by atoms with Gasteiger partial charge in [-0.05, 0) is 59.3 Å². The van der Waals surface area contributed by atoms with Gasteiger partial charge in [0, 0.05) is 11.8 Å². The zero-order chi connectivity index (χ0) is 15.2. The Morgan fingerprint density at radius 2 is 2.19 bits per heavy atom. The second-order valence-electron chi connectivity index (χ2n) is 3.97. The van der Waals surface area contributed by atoms with E-state index in [-0.39, 0.29) is 10.9 Å². The van der Waals surface area contributed by atoms with Crippen LogP contribution in [0.1, 0.15) is 17.5 Å². The number of hydrogen-bond acceptors (Lipinski definition) is 4. The van der Waals surface area contributed by atoms with Crippen molar-refractivity contribution in [3.05, 3.63) is 46.8 Å². The van der Waals surface area contributed by atoms with E-state index in [2.05, 4.69) is 26.6 Å². The Morgan fingerprint density at radius 3 is 2.86 bits per heavy atom. The Hall–Kier alpha value is -1.86. The summed E-state index contributed by atoms with van der Waals surface area (Å²) in [5.74, 6) is 0.486. The Labute approximate surface area is 135 Å². The van der Waals surface area contributed by atoms with Crippen LogP contribution in [0, 0.1) is 0 Å². The molecule has 7 heteroatoms. The number of furan rings is 1. The Kier molecular flexibility index (Phi) is 5.35. The van der Waals surface area contributed by atoms with Crippen LogP contribution in [0.25, 0.3) is 0 Å². The lowest BCUT2D eigenvalue weighted by atomic mass is 10.3. The fourth-order valence-electron chi connectivity index (χ4n) is 1.59. The highest BCUT2D eigenvalue weighted by molar-refractivity contribution is 9.10. The first-order valence-electron chi connectivity index (χ1n) is 6.19. The van der Waals surface area contributed by atoms with Gasteiger partial charge in [0.1, 0.15) is 5.75 Å². The SMILES string of the molecule is CCOc1cccc(NC(=S)NC(=O)c2ccc(Br)o2)c1. The van der Waals surface area contributed by atoms with E-state index in [1.165, 1.54) is 0 Å². The van der Waals surface area contributed by atoms with Crippen LogP contribution in [0.15, 0.2) is 45.5 Å². The number of nitrogens with one attached hydrogen (secondary N) is 2. The Morgan fingerprint density at radius 1 is 1.38 bits per heavy atom. The molecule has 1 aromatic heterocycles. The summed E-state index contributed by atoms with van der Waals surface area (Å²) < 4.78 is 11.0. The number of anilines is 1. The van der Waals surface area contributed by atoms with Crippen LogP contribution in [0.4, 0.5) is 5.69 Å². The molecule has 0 aliphatic heterocycles. The molecule has 0 spiro atoms. The van der Waals surface area contributed by atoms with Gasteiger partial charge in [0.25, 0.3) is 5.91 Å². The molecule has 0 radical (unpaired) electrons. The highest BCUT2D eigenvalue weighted by atomic mass is 79.9. The number of benzene rings is 1. The first kappa shape index (κ1) is 15.5. The zero-order valence-corrected chi connectivity index (χ0v) is 13.6. The fraction of sp³-hybridized carbons (Fsp3) is 0.143. The number of carbonyl (C=O) groups excluding carboxylic acids is 1. The summed E-state index contributed by atoms with van der Waals surface area (Å²) in [5, 5.41) is 5.63. The fourth-order valence-corrected chi connectivity index (χ4v) is 2.11. The molecule has 110 valence electrons. The molecule has 0 fully saturated rings. The molecule has 5 nitrogen and oxygen atoms in total. The van der Waals surface area contributed by atoms with Crippen molar-refractivity contribution in [2.45, 2.75) is 6.92 Å². The second-order valence-corrected chi connectivity index (χ2v) is 5.16. The zero-order valence-electron chi connectivity index (χ0n) is 11.2. The number of thiocarbonyl (C=S) groups is 1. The molecule has 2 aromatic rings. The van der Waals surface area contributed by atoms with Gasteiger partial charge in [-0.3, -0.25) is 10.1 Å². The predicted molar refractivity (Wildman–Crippen MR) is 87.7 cm³/mol. The lowest BCUT2D eigenvalue weighted by Crippen LogP contribution is -2.33. The first-order chi connectivity index (χ1) is 10.1. The predicted octanol–water partition coefficient (Wildman–Crippen LogP) is 3.57. The van der Waals surface area contributed by atoms with Crippen LogP contribution in [0.2, 0.25) is 0 Å². The van der Waals surface area contributed by atoms with Crippen molar-refractivity contribution >= 4 is 44.9 Å². The van der Waals surface area contributed by atoms with Crippen LogP contribution >= 0.6 is 28.1 Å². The van der Waals surface area contributed by atoms with Gasteiger partial charge in [-0.1, -0.05) is 6.07 Å². The Balaban J connectivity index is 1.95. The second kappa shape index (κ2) is 7.24.